The fraction of sp³-hybridized carbons (Fsp3) is 0.833. The normalized spacial score (nSPS) is 36.9. The lowest BCUT2D eigenvalue weighted by Crippen LogP contribution is -2.42. The minimum absolute atomic E-state index is 0.00592. The Balaban J connectivity index is 2.92. The first-order chi connectivity index (χ1) is 7.80. The van der Waals surface area contributed by atoms with E-state index in [9.17, 15) is 9.59 Å². The molecule has 0 aliphatic carbocycles. The van der Waals surface area contributed by atoms with Crippen molar-refractivity contribution in [2.45, 2.75) is 52.1 Å². The first-order valence-corrected chi connectivity index (χ1v) is 5.67. The van der Waals surface area contributed by atoms with E-state index in [-0.39, 0.29) is 24.1 Å². The zero-order chi connectivity index (χ0) is 13.2. The lowest BCUT2D eigenvalue weighted by molar-refractivity contribution is -0.175. The molecule has 0 aromatic rings. The van der Waals surface area contributed by atoms with E-state index in [1.165, 1.54) is 21.0 Å². The van der Waals surface area contributed by atoms with Crippen LogP contribution in [0.1, 0.15) is 34.1 Å². The lowest BCUT2D eigenvalue weighted by atomic mass is 9.88. The van der Waals surface area contributed by atoms with Crippen molar-refractivity contribution in [2.24, 2.45) is 5.92 Å². The van der Waals surface area contributed by atoms with E-state index in [4.69, 9.17) is 14.2 Å². The van der Waals surface area contributed by atoms with Gasteiger partial charge in [-0.15, -0.1) is 0 Å². The molecular weight excluding hydrogens is 224 g/mol. The maximum absolute atomic E-state index is 11.3. The van der Waals surface area contributed by atoms with Crippen molar-refractivity contribution in [3.05, 3.63) is 0 Å². The fourth-order valence-corrected chi connectivity index (χ4v) is 2.45. The Bertz CT molecular complexity index is 314. The summed E-state index contributed by atoms with van der Waals surface area (Å²) >= 11 is 0. The minimum Gasteiger partial charge on any atom is -0.459 e. The molecule has 0 radical (unpaired) electrons. The molecule has 0 N–H and O–H groups in total. The molecule has 5 nitrogen and oxygen atoms in total. The van der Waals surface area contributed by atoms with Crippen LogP contribution in [-0.4, -0.2) is 36.9 Å². The molecule has 1 fully saturated rings. The Labute approximate surface area is 101 Å². The van der Waals surface area contributed by atoms with Gasteiger partial charge in [-0.05, 0) is 13.8 Å². The van der Waals surface area contributed by atoms with Crippen molar-refractivity contribution < 1.29 is 23.8 Å². The van der Waals surface area contributed by atoms with Gasteiger partial charge in [0.1, 0.15) is 17.5 Å². The maximum atomic E-state index is 11.3. The molecule has 0 aromatic carbocycles. The Morgan fingerprint density at radius 2 is 1.94 bits per heavy atom. The molecule has 1 aliphatic rings. The fourth-order valence-electron chi connectivity index (χ4n) is 2.45. The Morgan fingerprint density at radius 1 is 1.35 bits per heavy atom. The highest BCUT2D eigenvalue weighted by molar-refractivity contribution is 5.77. The van der Waals surface area contributed by atoms with Gasteiger partial charge < -0.3 is 14.2 Å². The third kappa shape index (κ3) is 3.04. The number of ether oxygens (including phenoxy) is 3. The highest BCUT2D eigenvalue weighted by Crippen LogP contribution is 2.40. The molecule has 1 unspecified atom stereocenters. The summed E-state index contributed by atoms with van der Waals surface area (Å²) in [7, 11) is 1.53. The van der Waals surface area contributed by atoms with Crippen molar-refractivity contribution >= 4 is 11.8 Å². The second-order valence-electron chi connectivity index (χ2n) is 4.80. The van der Waals surface area contributed by atoms with Gasteiger partial charge >= 0.3 is 5.97 Å². The van der Waals surface area contributed by atoms with Gasteiger partial charge in [0, 0.05) is 26.4 Å². The largest absolute Gasteiger partial charge is 0.459 e. The number of esters is 1. The van der Waals surface area contributed by atoms with Gasteiger partial charge in [-0.25, -0.2) is 0 Å². The maximum Gasteiger partial charge on any atom is 0.303 e. The van der Waals surface area contributed by atoms with Crippen LogP contribution in [0.5, 0.6) is 0 Å². The smallest absolute Gasteiger partial charge is 0.303 e. The molecule has 0 aromatic heterocycles. The van der Waals surface area contributed by atoms with Gasteiger partial charge in [-0.2, -0.15) is 0 Å². The summed E-state index contributed by atoms with van der Waals surface area (Å²) in [6, 6.07) is 0. The first kappa shape index (κ1) is 14.1. The third-order valence-corrected chi connectivity index (χ3v) is 3.02. The lowest BCUT2D eigenvalue weighted by Gasteiger charge is -2.29. The van der Waals surface area contributed by atoms with Crippen molar-refractivity contribution in [3.8, 4) is 0 Å². The molecule has 5 heteroatoms. The van der Waals surface area contributed by atoms with Crippen LogP contribution in [0.15, 0.2) is 0 Å². The quantitative estimate of drug-likeness (QED) is 0.697. The third-order valence-electron chi connectivity index (χ3n) is 3.02. The van der Waals surface area contributed by atoms with E-state index >= 15 is 0 Å². The van der Waals surface area contributed by atoms with Gasteiger partial charge in [-0.1, -0.05) is 6.92 Å². The van der Waals surface area contributed by atoms with Gasteiger partial charge in [-0.3, -0.25) is 9.59 Å². The SMILES string of the molecule is COC1O[C@](C)(CC(C)=O)[C@@H](OC(C)=O)[C@@H]1C. The molecule has 0 saturated carbocycles. The highest BCUT2D eigenvalue weighted by Gasteiger charge is 2.53. The van der Waals surface area contributed by atoms with E-state index in [1.54, 1.807) is 6.92 Å². The standard InChI is InChI=1S/C12H20O5/c1-7(13)6-12(4)10(16-9(3)14)8(2)11(15-5)17-12/h8,10-11H,6H2,1-5H3/t8-,10-,11?,12+/m0/s1. The topological polar surface area (TPSA) is 61.8 Å². The van der Waals surface area contributed by atoms with Crippen molar-refractivity contribution in [1.29, 1.82) is 0 Å². The molecular formula is C12H20O5. The van der Waals surface area contributed by atoms with Crippen LogP contribution in [0, 0.1) is 5.92 Å². The molecule has 1 aliphatic heterocycles. The second kappa shape index (κ2) is 5.14. The summed E-state index contributed by atoms with van der Waals surface area (Å²) in [6.07, 6.45) is -0.715. The number of ketones is 1. The van der Waals surface area contributed by atoms with Crippen LogP contribution in [0.4, 0.5) is 0 Å². The van der Waals surface area contributed by atoms with E-state index in [0.29, 0.717) is 0 Å². The van der Waals surface area contributed by atoms with E-state index in [0.717, 1.165) is 0 Å². The zero-order valence-corrected chi connectivity index (χ0v) is 11.0. The van der Waals surface area contributed by atoms with Crippen LogP contribution in [0.25, 0.3) is 0 Å². The molecule has 1 saturated heterocycles. The number of carbonyl (C=O) groups is 2. The minimum atomic E-state index is -0.808. The Hall–Kier alpha value is -0.940. The van der Waals surface area contributed by atoms with E-state index < -0.39 is 18.0 Å². The summed E-state index contributed by atoms with van der Waals surface area (Å²) in [4.78, 5) is 22.4. The van der Waals surface area contributed by atoms with Crippen molar-refractivity contribution in [2.75, 3.05) is 7.11 Å². The molecule has 98 valence electrons. The van der Waals surface area contributed by atoms with Gasteiger partial charge in [0.25, 0.3) is 0 Å². The van der Waals surface area contributed by atoms with Crippen LogP contribution in [-0.2, 0) is 23.8 Å². The molecule has 0 spiro atoms. The van der Waals surface area contributed by atoms with Gasteiger partial charge in [0.05, 0.1) is 0 Å². The summed E-state index contributed by atoms with van der Waals surface area (Å²) in [5.74, 6) is -0.487. The summed E-state index contributed by atoms with van der Waals surface area (Å²) < 4.78 is 16.2. The summed E-state index contributed by atoms with van der Waals surface area (Å²) in [5, 5.41) is 0. The summed E-state index contributed by atoms with van der Waals surface area (Å²) in [6.45, 7) is 6.50. The second-order valence-corrected chi connectivity index (χ2v) is 4.80. The molecule has 1 rings (SSSR count). The average Bonchev–Trinajstić information content (AvgIpc) is 2.40. The van der Waals surface area contributed by atoms with Gasteiger partial charge in [0.15, 0.2) is 6.29 Å². The predicted octanol–water partition coefficient (Wildman–Crippen LogP) is 1.29. The highest BCUT2D eigenvalue weighted by atomic mass is 16.7. The average molecular weight is 244 g/mol. The van der Waals surface area contributed by atoms with E-state index in [2.05, 4.69) is 0 Å². The molecule has 4 atom stereocenters. The van der Waals surface area contributed by atoms with Crippen LogP contribution >= 0.6 is 0 Å². The number of hydrogen-bond acceptors (Lipinski definition) is 5. The van der Waals surface area contributed by atoms with Gasteiger partial charge in [0.2, 0.25) is 0 Å². The Morgan fingerprint density at radius 3 is 2.35 bits per heavy atom. The summed E-state index contributed by atoms with van der Waals surface area (Å²) in [5.41, 5.74) is -0.808. The molecule has 1 heterocycles. The Kier molecular flexibility index (Phi) is 4.27. The molecule has 0 bridgehead atoms. The van der Waals surface area contributed by atoms with Crippen LogP contribution < -0.4 is 0 Å². The number of carbonyl (C=O) groups excluding carboxylic acids is 2. The van der Waals surface area contributed by atoms with E-state index in [1.807, 2.05) is 6.92 Å². The van der Waals surface area contributed by atoms with Crippen LogP contribution in [0.2, 0.25) is 0 Å². The van der Waals surface area contributed by atoms with Crippen molar-refractivity contribution in [1.82, 2.24) is 0 Å². The monoisotopic (exact) mass is 244 g/mol. The molecule has 0 amide bonds. The first-order valence-electron chi connectivity index (χ1n) is 5.67. The van der Waals surface area contributed by atoms with Crippen molar-refractivity contribution in [3.63, 3.8) is 0 Å². The molecule has 17 heavy (non-hydrogen) atoms. The number of rotatable bonds is 4. The number of hydrogen-bond donors (Lipinski definition) is 0. The number of Topliss-reactive ketones (excluding diaryl/α,β-unsaturated/α-hetero) is 1. The number of methoxy groups -OCH3 is 1. The van der Waals surface area contributed by atoms with Crippen LogP contribution in [0.3, 0.4) is 0 Å². The zero-order valence-electron chi connectivity index (χ0n) is 11.0. The predicted molar refractivity (Wildman–Crippen MR) is 60.3 cm³/mol.